The second kappa shape index (κ2) is 5.72. The van der Waals surface area contributed by atoms with Crippen molar-refractivity contribution in [3.05, 3.63) is 35.4 Å². The van der Waals surface area contributed by atoms with E-state index in [1.165, 1.54) is 12.1 Å². The molecule has 0 aliphatic heterocycles. The minimum Gasteiger partial charge on any atom is -0.368 e. The van der Waals surface area contributed by atoms with Crippen LogP contribution in [-0.2, 0) is 11.3 Å². The van der Waals surface area contributed by atoms with Crippen molar-refractivity contribution >= 4 is 5.91 Å². The second-order valence-electron chi connectivity index (χ2n) is 4.22. The highest BCUT2D eigenvalue weighted by Crippen LogP contribution is 2.12. The summed E-state index contributed by atoms with van der Waals surface area (Å²) in [5, 5.41) is 2.82. The number of nitrogens with two attached hydrogens (primary N) is 1. The molecule has 0 spiro atoms. The lowest BCUT2D eigenvalue weighted by atomic mass is 10.0. The van der Waals surface area contributed by atoms with E-state index >= 15 is 0 Å². The van der Waals surface area contributed by atoms with Crippen LogP contribution >= 0.6 is 0 Å². The third-order valence-corrected chi connectivity index (χ3v) is 2.52. The van der Waals surface area contributed by atoms with Gasteiger partial charge in [0.1, 0.15) is 0 Å². The van der Waals surface area contributed by atoms with Gasteiger partial charge in [0.25, 0.3) is 0 Å². The van der Waals surface area contributed by atoms with Gasteiger partial charge in [0.05, 0.1) is 6.04 Å². The summed E-state index contributed by atoms with van der Waals surface area (Å²) in [6.07, 6.45) is 0. The Morgan fingerprint density at radius 1 is 1.41 bits per heavy atom. The molecule has 17 heavy (non-hydrogen) atoms. The van der Waals surface area contributed by atoms with E-state index in [1.807, 2.05) is 13.8 Å². The zero-order valence-corrected chi connectivity index (χ0v) is 9.84. The van der Waals surface area contributed by atoms with Crippen LogP contribution in [0, 0.1) is 17.6 Å². The Morgan fingerprint density at radius 2 is 2.06 bits per heavy atom. The van der Waals surface area contributed by atoms with E-state index in [4.69, 9.17) is 5.73 Å². The van der Waals surface area contributed by atoms with E-state index in [9.17, 15) is 13.6 Å². The number of amides is 1. The smallest absolute Gasteiger partial charge is 0.234 e. The molecule has 1 rings (SSSR count). The van der Waals surface area contributed by atoms with Crippen molar-refractivity contribution in [2.45, 2.75) is 26.4 Å². The van der Waals surface area contributed by atoms with Gasteiger partial charge in [-0.15, -0.1) is 0 Å². The molecule has 0 heterocycles. The molecule has 5 heteroatoms. The quantitative estimate of drug-likeness (QED) is 0.823. The first-order chi connectivity index (χ1) is 7.93. The highest BCUT2D eigenvalue weighted by atomic mass is 19.2. The number of benzene rings is 1. The van der Waals surface area contributed by atoms with Crippen molar-refractivity contribution in [1.82, 2.24) is 5.32 Å². The summed E-state index contributed by atoms with van der Waals surface area (Å²) >= 11 is 0. The normalized spacial score (nSPS) is 12.8. The third-order valence-electron chi connectivity index (χ3n) is 2.52. The highest BCUT2D eigenvalue weighted by molar-refractivity contribution is 5.80. The third kappa shape index (κ3) is 3.49. The Hall–Kier alpha value is -1.49. The topological polar surface area (TPSA) is 55.1 Å². The molecule has 1 aromatic rings. The summed E-state index contributed by atoms with van der Waals surface area (Å²) in [6, 6.07) is 3.37. The van der Waals surface area contributed by atoms with Crippen LogP contribution in [0.2, 0.25) is 0 Å². The van der Waals surface area contributed by atoms with Crippen LogP contribution in [0.5, 0.6) is 0 Å². The van der Waals surface area contributed by atoms with Crippen molar-refractivity contribution in [3.63, 3.8) is 0 Å². The molecule has 0 radical (unpaired) electrons. The summed E-state index contributed by atoms with van der Waals surface area (Å²) in [5.74, 6) is -2.31. The summed E-state index contributed by atoms with van der Waals surface area (Å²) < 4.78 is 26.2. The Labute approximate surface area is 99.0 Å². The monoisotopic (exact) mass is 242 g/mol. The molecule has 1 atom stereocenters. The molecule has 0 fully saturated rings. The number of halogens is 2. The van der Waals surface area contributed by atoms with Gasteiger partial charge >= 0.3 is 0 Å². The van der Waals surface area contributed by atoms with E-state index in [1.54, 1.807) is 0 Å². The molecule has 1 unspecified atom stereocenters. The predicted molar refractivity (Wildman–Crippen MR) is 61.0 cm³/mol. The summed E-state index contributed by atoms with van der Waals surface area (Å²) in [5.41, 5.74) is 5.38. The molecule has 0 saturated carbocycles. The number of carbonyl (C=O) groups excluding carboxylic acids is 1. The lowest BCUT2D eigenvalue weighted by Crippen LogP contribution is -2.44. The van der Waals surface area contributed by atoms with Gasteiger partial charge < -0.3 is 11.1 Å². The van der Waals surface area contributed by atoms with Crippen molar-refractivity contribution in [3.8, 4) is 0 Å². The molecular formula is C12H16F2N2O. The first-order valence-electron chi connectivity index (χ1n) is 5.39. The minimum absolute atomic E-state index is 0.0101. The molecule has 0 aliphatic rings. The van der Waals surface area contributed by atoms with Crippen molar-refractivity contribution in [1.29, 1.82) is 0 Å². The van der Waals surface area contributed by atoms with E-state index in [2.05, 4.69) is 5.32 Å². The summed E-state index contributed by atoms with van der Waals surface area (Å²) in [4.78, 5) is 11.1. The Balaban J connectivity index is 2.72. The van der Waals surface area contributed by atoms with Gasteiger partial charge in [-0.25, -0.2) is 8.78 Å². The van der Waals surface area contributed by atoms with Gasteiger partial charge in [-0.2, -0.15) is 0 Å². The zero-order chi connectivity index (χ0) is 13.0. The molecule has 0 aliphatic carbocycles. The SMILES string of the molecule is CC(C)C(NCc1cccc(F)c1F)C(N)=O. The maximum atomic E-state index is 13.3. The van der Waals surface area contributed by atoms with Gasteiger partial charge in [0.2, 0.25) is 5.91 Å². The zero-order valence-electron chi connectivity index (χ0n) is 9.84. The molecule has 0 aromatic heterocycles. The maximum Gasteiger partial charge on any atom is 0.234 e. The molecule has 1 amide bonds. The van der Waals surface area contributed by atoms with Crippen molar-refractivity contribution < 1.29 is 13.6 Å². The molecule has 0 saturated heterocycles. The Bertz CT molecular complexity index is 407. The fraction of sp³-hybridized carbons (Fsp3) is 0.417. The lowest BCUT2D eigenvalue weighted by Gasteiger charge is -2.19. The van der Waals surface area contributed by atoms with Crippen LogP contribution < -0.4 is 11.1 Å². The molecule has 3 nitrogen and oxygen atoms in total. The van der Waals surface area contributed by atoms with Crippen LogP contribution in [0.15, 0.2) is 18.2 Å². The first-order valence-corrected chi connectivity index (χ1v) is 5.39. The lowest BCUT2D eigenvalue weighted by molar-refractivity contribution is -0.121. The fourth-order valence-corrected chi connectivity index (χ4v) is 1.57. The summed E-state index contributed by atoms with van der Waals surface area (Å²) in [6.45, 7) is 3.71. The van der Waals surface area contributed by atoms with Gasteiger partial charge in [0.15, 0.2) is 11.6 Å². The first kappa shape index (κ1) is 13.6. The Morgan fingerprint density at radius 3 is 2.59 bits per heavy atom. The molecule has 94 valence electrons. The standard InChI is InChI=1S/C12H16F2N2O/c1-7(2)11(12(15)17)16-6-8-4-3-5-9(13)10(8)14/h3-5,7,11,16H,6H2,1-2H3,(H2,15,17). The number of hydrogen-bond acceptors (Lipinski definition) is 2. The minimum atomic E-state index is -0.899. The van der Waals surface area contributed by atoms with E-state index in [-0.39, 0.29) is 18.0 Å². The van der Waals surface area contributed by atoms with Crippen LogP contribution in [-0.4, -0.2) is 11.9 Å². The van der Waals surface area contributed by atoms with Crippen LogP contribution in [0.25, 0.3) is 0 Å². The van der Waals surface area contributed by atoms with Crippen LogP contribution in [0.1, 0.15) is 19.4 Å². The number of primary amides is 1. The number of rotatable bonds is 5. The van der Waals surface area contributed by atoms with Gasteiger partial charge in [0, 0.05) is 12.1 Å². The molecule has 0 bridgehead atoms. The van der Waals surface area contributed by atoms with Gasteiger partial charge in [-0.05, 0) is 12.0 Å². The largest absolute Gasteiger partial charge is 0.368 e. The molecular weight excluding hydrogens is 226 g/mol. The number of hydrogen-bond donors (Lipinski definition) is 2. The average Bonchev–Trinajstić information content (AvgIpc) is 2.23. The predicted octanol–water partition coefficient (Wildman–Crippen LogP) is 1.56. The fourth-order valence-electron chi connectivity index (χ4n) is 1.57. The van der Waals surface area contributed by atoms with E-state index in [0.29, 0.717) is 0 Å². The van der Waals surface area contributed by atoms with Crippen molar-refractivity contribution in [2.75, 3.05) is 0 Å². The number of nitrogens with one attached hydrogen (secondary N) is 1. The van der Waals surface area contributed by atoms with Gasteiger partial charge in [-0.3, -0.25) is 4.79 Å². The van der Waals surface area contributed by atoms with Crippen LogP contribution in [0.4, 0.5) is 8.78 Å². The van der Waals surface area contributed by atoms with Crippen LogP contribution in [0.3, 0.4) is 0 Å². The molecule has 3 N–H and O–H groups in total. The van der Waals surface area contributed by atoms with Gasteiger partial charge in [-0.1, -0.05) is 26.0 Å². The molecule has 1 aromatic carbocycles. The van der Waals surface area contributed by atoms with E-state index < -0.39 is 23.6 Å². The average molecular weight is 242 g/mol. The second-order valence-corrected chi connectivity index (χ2v) is 4.22. The maximum absolute atomic E-state index is 13.3. The highest BCUT2D eigenvalue weighted by Gasteiger charge is 2.19. The van der Waals surface area contributed by atoms with Crippen molar-refractivity contribution in [2.24, 2.45) is 11.7 Å². The summed E-state index contributed by atoms with van der Waals surface area (Å²) in [7, 11) is 0. The Kier molecular flexibility index (Phi) is 4.57. The van der Waals surface area contributed by atoms with E-state index in [0.717, 1.165) is 6.07 Å². The number of carbonyl (C=O) groups is 1.